The molecule has 0 saturated heterocycles. The molecule has 3 N–H and O–H groups in total. The van der Waals surface area contributed by atoms with Crippen molar-refractivity contribution in [2.45, 2.75) is 57.6 Å². The third-order valence-corrected chi connectivity index (χ3v) is 3.69. The van der Waals surface area contributed by atoms with Crippen LogP contribution < -0.4 is 5.73 Å². The van der Waals surface area contributed by atoms with Gasteiger partial charge in [0.05, 0.1) is 17.1 Å². The fourth-order valence-corrected chi connectivity index (χ4v) is 2.66. The lowest BCUT2D eigenvalue weighted by molar-refractivity contribution is -0.384. The lowest BCUT2D eigenvalue weighted by Gasteiger charge is -2.28. The molecule has 0 amide bonds. The fraction of sp³-hybridized carbons (Fsp3) is 0.750. The molecule has 1 heterocycles. The zero-order valence-corrected chi connectivity index (χ0v) is 11.2. The van der Waals surface area contributed by atoms with Crippen LogP contribution in [0.5, 0.6) is 0 Å². The molecule has 1 aliphatic rings. The molecule has 0 bridgehead atoms. The van der Waals surface area contributed by atoms with Gasteiger partial charge in [-0.25, -0.2) is 4.68 Å². The highest BCUT2D eigenvalue weighted by atomic mass is 16.6. The van der Waals surface area contributed by atoms with E-state index < -0.39 is 11.0 Å². The van der Waals surface area contributed by atoms with E-state index in [9.17, 15) is 15.2 Å². The van der Waals surface area contributed by atoms with Gasteiger partial charge in [-0.05, 0) is 12.8 Å². The molecule has 19 heavy (non-hydrogen) atoms. The third kappa shape index (κ3) is 2.42. The van der Waals surface area contributed by atoms with Crippen LogP contribution in [0.3, 0.4) is 0 Å². The van der Waals surface area contributed by atoms with E-state index >= 15 is 0 Å². The van der Waals surface area contributed by atoms with Gasteiger partial charge in [-0.3, -0.25) is 10.1 Å². The van der Waals surface area contributed by atoms with Gasteiger partial charge in [-0.15, -0.1) is 0 Å². The second-order valence-electron chi connectivity index (χ2n) is 5.39. The van der Waals surface area contributed by atoms with Crippen LogP contribution in [0.15, 0.2) is 0 Å². The molecule has 0 spiro atoms. The van der Waals surface area contributed by atoms with Gasteiger partial charge >= 0.3 is 5.69 Å². The average molecular weight is 268 g/mol. The molecule has 1 fully saturated rings. The number of nitrogens with two attached hydrogens (primary N) is 1. The van der Waals surface area contributed by atoms with Crippen LogP contribution in [0.2, 0.25) is 0 Å². The van der Waals surface area contributed by atoms with Gasteiger partial charge in [-0.2, -0.15) is 5.10 Å². The largest absolute Gasteiger partial charge is 0.391 e. The molecule has 0 aromatic carbocycles. The molecule has 106 valence electrons. The molecule has 7 nitrogen and oxygen atoms in total. The molecule has 2 rings (SSSR count). The van der Waals surface area contributed by atoms with E-state index in [0.29, 0.717) is 12.1 Å². The van der Waals surface area contributed by atoms with Gasteiger partial charge in [0.25, 0.3) is 0 Å². The molecule has 2 atom stereocenters. The Labute approximate surface area is 111 Å². The van der Waals surface area contributed by atoms with Gasteiger partial charge in [0.2, 0.25) is 5.82 Å². The number of hydrogen-bond donors (Lipinski definition) is 2. The first kappa shape index (κ1) is 13.8. The van der Waals surface area contributed by atoms with Crippen LogP contribution in [-0.4, -0.2) is 25.9 Å². The predicted molar refractivity (Wildman–Crippen MR) is 70.9 cm³/mol. The Morgan fingerprint density at radius 3 is 2.58 bits per heavy atom. The molecule has 1 aliphatic carbocycles. The Balaban J connectivity index is 2.46. The summed E-state index contributed by atoms with van der Waals surface area (Å²) in [5, 5.41) is 25.5. The van der Waals surface area contributed by atoms with Crippen molar-refractivity contribution >= 4 is 11.5 Å². The first-order valence-corrected chi connectivity index (χ1v) is 6.63. The normalized spacial score (nSPS) is 23.8. The molecule has 0 aliphatic heterocycles. The molecule has 7 heteroatoms. The van der Waals surface area contributed by atoms with E-state index in [-0.39, 0.29) is 23.5 Å². The van der Waals surface area contributed by atoms with E-state index in [1.165, 1.54) is 4.68 Å². The number of aromatic nitrogens is 2. The Morgan fingerprint density at radius 2 is 2.11 bits per heavy atom. The quantitative estimate of drug-likeness (QED) is 0.643. The molecule has 2 unspecified atom stereocenters. The maximum absolute atomic E-state index is 11.1. The fourth-order valence-electron chi connectivity index (χ4n) is 2.66. The number of rotatable bonds is 3. The standard InChI is InChI=1S/C12H20N4O3/c1-7(2)10-11(16(18)19)12(13)15(14-10)8-5-3-4-6-9(8)17/h7-9,17H,3-6,13H2,1-2H3. The summed E-state index contributed by atoms with van der Waals surface area (Å²) < 4.78 is 1.46. The molecule has 0 radical (unpaired) electrons. The van der Waals surface area contributed by atoms with Gasteiger partial charge < -0.3 is 10.8 Å². The number of aliphatic hydroxyl groups is 1. The van der Waals surface area contributed by atoms with E-state index in [1.54, 1.807) is 0 Å². The Bertz CT molecular complexity index is 484. The second kappa shape index (κ2) is 5.16. The maximum atomic E-state index is 11.1. The smallest absolute Gasteiger partial charge is 0.334 e. The topological polar surface area (TPSA) is 107 Å². The van der Waals surface area contributed by atoms with Gasteiger partial charge in [-0.1, -0.05) is 26.7 Å². The van der Waals surface area contributed by atoms with Gasteiger partial charge in [0.1, 0.15) is 5.69 Å². The number of hydrogen-bond acceptors (Lipinski definition) is 5. The Morgan fingerprint density at radius 1 is 1.47 bits per heavy atom. The molecule has 1 aromatic rings. The summed E-state index contributed by atoms with van der Waals surface area (Å²) >= 11 is 0. The van der Waals surface area contributed by atoms with Crippen molar-refractivity contribution in [1.29, 1.82) is 0 Å². The molecule has 1 aromatic heterocycles. The van der Waals surface area contributed by atoms with Crippen LogP contribution in [0, 0.1) is 10.1 Å². The monoisotopic (exact) mass is 268 g/mol. The van der Waals surface area contributed by atoms with E-state index in [2.05, 4.69) is 5.10 Å². The first-order valence-electron chi connectivity index (χ1n) is 6.63. The van der Waals surface area contributed by atoms with Crippen molar-refractivity contribution in [2.24, 2.45) is 0 Å². The Kier molecular flexibility index (Phi) is 3.75. The molecule has 1 saturated carbocycles. The average Bonchev–Trinajstić information content (AvgIpc) is 2.68. The zero-order valence-electron chi connectivity index (χ0n) is 11.2. The Hall–Kier alpha value is -1.63. The van der Waals surface area contributed by atoms with Crippen molar-refractivity contribution in [1.82, 2.24) is 9.78 Å². The van der Waals surface area contributed by atoms with Crippen LogP contribution in [-0.2, 0) is 0 Å². The lowest BCUT2D eigenvalue weighted by atomic mass is 9.93. The van der Waals surface area contributed by atoms with Crippen LogP contribution in [0.4, 0.5) is 11.5 Å². The van der Waals surface area contributed by atoms with Gasteiger partial charge in [0.15, 0.2) is 0 Å². The van der Waals surface area contributed by atoms with E-state index in [4.69, 9.17) is 5.73 Å². The van der Waals surface area contributed by atoms with Crippen molar-refractivity contribution in [2.75, 3.05) is 5.73 Å². The van der Waals surface area contributed by atoms with Crippen molar-refractivity contribution in [3.05, 3.63) is 15.8 Å². The summed E-state index contributed by atoms with van der Waals surface area (Å²) in [6, 6.07) is -0.250. The van der Waals surface area contributed by atoms with Crippen molar-refractivity contribution in [3.63, 3.8) is 0 Å². The highest BCUT2D eigenvalue weighted by Gasteiger charge is 2.34. The number of nitro groups is 1. The zero-order chi connectivity index (χ0) is 14.2. The third-order valence-electron chi connectivity index (χ3n) is 3.69. The maximum Gasteiger partial charge on any atom is 0.334 e. The SMILES string of the molecule is CC(C)c1nn(C2CCCCC2O)c(N)c1[N+](=O)[O-]. The summed E-state index contributed by atoms with van der Waals surface area (Å²) in [6.07, 6.45) is 2.86. The first-order chi connectivity index (χ1) is 8.93. The van der Waals surface area contributed by atoms with E-state index in [0.717, 1.165) is 19.3 Å². The van der Waals surface area contributed by atoms with Gasteiger partial charge in [0, 0.05) is 5.92 Å². The number of aliphatic hydroxyl groups excluding tert-OH is 1. The summed E-state index contributed by atoms with van der Waals surface area (Å²) in [5.41, 5.74) is 6.15. The number of nitrogens with zero attached hydrogens (tertiary/aromatic N) is 3. The summed E-state index contributed by atoms with van der Waals surface area (Å²) in [5.74, 6) is -0.0238. The number of anilines is 1. The second-order valence-corrected chi connectivity index (χ2v) is 5.39. The number of nitrogen functional groups attached to an aromatic ring is 1. The summed E-state index contributed by atoms with van der Waals surface area (Å²) in [4.78, 5) is 10.7. The highest BCUT2D eigenvalue weighted by Crippen LogP contribution is 2.37. The summed E-state index contributed by atoms with van der Waals surface area (Å²) in [6.45, 7) is 3.69. The van der Waals surface area contributed by atoms with Crippen LogP contribution >= 0.6 is 0 Å². The molecular formula is C12H20N4O3. The highest BCUT2D eigenvalue weighted by molar-refractivity contribution is 5.57. The van der Waals surface area contributed by atoms with Crippen molar-refractivity contribution < 1.29 is 10.0 Å². The predicted octanol–water partition coefficient (Wildman–Crippen LogP) is 1.97. The minimum atomic E-state index is -0.532. The summed E-state index contributed by atoms with van der Waals surface area (Å²) in [7, 11) is 0. The van der Waals surface area contributed by atoms with Crippen LogP contribution in [0.25, 0.3) is 0 Å². The molecular weight excluding hydrogens is 248 g/mol. The minimum Gasteiger partial charge on any atom is -0.391 e. The van der Waals surface area contributed by atoms with Crippen molar-refractivity contribution in [3.8, 4) is 0 Å². The van der Waals surface area contributed by atoms with E-state index in [1.807, 2.05) is 13.8 Å². The lowest BCUT2D eigenvalue weighted by Crippen LogP contribution is -2.29. The van der Waals surface area contributed by atoms with Crippen LogP contribution in [0.1, 0.15) is 57.2 Å². The minimum absolute atomic E-state index is 0.0552.